The fourth-order valence-corrected chi connectivity index (χ4v) is 2.84. The Kier molecular flexibility index (Phi) is 5.00. The minimum absolute atomic E-state index is 0.0727. The van der Waals surface area contributed by atoms with Crippen LogP contribution < -0.4 is 0 Å². The minimum atomic E-state index is -0.505. The first-order valence-corrected chi connectivity index (χ1v) is 7.24. The Hall–Kier alpha value is -1.13. The number of carbonyl (C=O) groups is 1. The quantitative estimate of drug-likeness (QED) is 0.857. The molecular weight excluding hydrogens is 279 g/mol. The summed E-state index contributed by atoms with van der Waals surface area (Å²) in [5.74, 6) is -0.152. The average molecular weight is 299 g/mol. The zero-order chi connectivity index (χ0) is 14.7. The maximum Gasteiger partial charge on any atom is 0.256 e. The van der Waals surface area contributed by atoms with Gasteiger partial charge in [0.15, 0.2) is 0 Å². The van der Waals surface area contributed by atoms with E-state index in [1.54, 1.807) is 4.90 Å². The molecule has 0 unspecified atom stereocenters. The zero-order valence-electron chi connectivity index (χ0n) is 11.9. The summed E-state index contributed by atoms with van der Waals surface area (Å²) in [6.45, 7) is 2.40. The molecule has 0 aromatic heterocycles. The van der Waals surface area contributed by atoms with Crippen LogP contribution in [0.2, 0.25) is 5.02 Å². The van der Waals surface area contributed by atoms with Gasteiger partial charge in [0.2, 0.25) is 0 Å². The van der Waals surface area contributed by atoms with E-state index in [4.69, 9.17) is 11.6 Å². The Morgan fingerprint density at radius 1 is 1.40 bits per heavy atom. The van der Waals surface area contributed by atoms with Crippen molar-refractivity contribution in [2.45, 2.75) is 12.8 Å². The highest BCUT2D eigenvalue weighted by molar-refractivity contribution is 6.31. The predicted molar refractivity (Wildman–Crippen MR) is 78.6 cm³/mol. The molecule has 0 spiro atoms. The Morgan fingerprint density at radius 2 is 2.05 bits per heavy atom. The SMILES string of the molecule is CN(C)CC1CCN(C(=O)c2cc(Cl)ccc2F)CC1. The lowest BCUT2D eigenvalue weighted by Gasteiger charge is -2.33. The molecule has 3 nitrogen and oxygen atoms in total. The Labute approximate surface area is 124 Å². The summed E-state index contributed by atoms with van der Waals surface area (Å²) >= 11 is 5.84. The maximum atomic E-state index is 13.7. The number of hydrogen-bond acceptors (Lipinski definition) is 2. The van der Waals surface area contributed by atoms with Gasteiger partial charge in [-0.05, 0) is 51.1 Å². The van der Waals surface area contributed by atoms with Crippen molar-refractivity contribution in [3.63, 3.8) is 0 Å². The first-order valence-electron chi connectivity index (χ1n) is 6.86. The second-order valence-electron chi connectivity index (χ2n) is 5.62. The molecule has 1 heterocycles. The zero-order valence-corrected chi connectivity index (χ0v) is 12.7. The van der Waals surface area contributed by atoms with Gasteiger partial charge in [-0.3, -0.25) is 4.79 Å². The third-order valence-corrected chi connectivity index (χ3v) is 3.92. The summed E-state index contributed by atoms with van der Waals surface area (Å²) in [6, 6.07) is 4.11. The highest BCUT2D eigenvalue weighted by atomic mass is 35.5. The first kappa shape index (κ1) is 15.3. The van der Waals surface area contributed by atoms with Crippen LogP contribution in [-0.2, 0) is 0 Å². The molecule has 2 rings (SSSR count). The Morgan fingerprint density at radius 3 is 2.65 bits per heavy atom. The standard InChI is InChI=1S/C15H20ClFN2O/c1-18(2)10-11-5-7-19(8-6-11)15(20)13-9-12(16)3-4-14(13)17/h3-4,9,11H,5-8,10H2,1-2H3. The number of likely N-dealkylation sites (tertiary alicyclic amines) is 1. The monoisotopic (exact) mass is 298 g/mol. The number of carbonyl (C=O) groups excluding carboxylic acids is 1. The van der Waals surface area contributed by atoms with E-state index in [0.717, 1.165) is 19.4 Å². The molecule has 0 saturated carbocycles. The molecule has 0 N–H and O–H groups in total. The summed E-state index contributed by atoms with van der Waals surface area (Å²) in [7, 11) is 4.11. The van der Waals surface area contributed by atoms with Crippen LogP contribution >= 0.6 is 11.6 Å². The van der Waals surface area contributed by atoms with Crippen molar-refractivity contribution in [2.24, 2.45) is 5.92 Å². The normalized spacial score (nSPS) is 16.8. The van der Waals surface area contributed by atoms with E-state index in [9.17, 15) is 9.18 Å². The number of benzene rings is 1. The summed E-state index contributed by atoms with van der Waals surface area (Å²) in [4.78, 5) is 16.2. The highest BCUT2D eigenvalue weighted by Crippen LogP contribution is 2.22. The van der Waals surface area contributed by atoms with E-state index in [1.807, 2.05) is 0 Å². The van der Waals surface area contributed by atoms with Crippen LogP contribution in [0.3, 0.4) is 0 Å². The van der Waals surface area contributed by atoms with Crippen molar-refractivity contribution in [3.8, 4) is 0 Å². The molecule has 1 aromatic rings. The number of amides is 1. The topological polar surface area (TPSA) is 23.6 Å². The second-order valence-corrected chi connectivity index (χ2v) is 6.06. The lowest BCUT2D eigenvalue weighted by molar-refractivity contribution is 0.0673. The summed E-state index contributed by atoms with van der Waals surface area (Å²) < 4.78 is 13.7. The number of piperidine rings is 1. The lowest BCUT2D eigenvalue weighted by atomic mass is 9.96. The van der Waals surface area contributed by atoms with Gasteiger partial charge < -0.3 is 9.80 Å². The van der Waals surface area contributed by atoms with E-state index >= 15 is 0 Å². The molecule has 110 valence electrons. The van der Waals surface area contributed by atoms with Crippen molar-refractivity contribution in [1.29, 1.82) is 0 Å². The van der Waals surface area contributed by atoms with Crippen LogP contribution in [0.1, 0.15) is 23.2 Å². The van der Waals surface area contributed by atoms with Crippen molar-refractivity contribution in [2.75, 3.05) is 33.7 Å². The number of rotatable bonds is 3. The third-order valence-electron chi connectivity index (χ3n) is 3.68. The van der Waals surface area contributed by atoms with Crippen LogP contribution in [0.25, 0.3) is 0 Å². The van der Waals surface area contributed by atoms with E-state index in [-0.39, 0.29) is 11.5 Å². The third kappa shape index (κ3) is 3.70. The van der Waals surface area contributed by atoms with Gasteiger partial charge in [0, 0.05) is 24.7 Å². The van der Waals surface area contributed by atoms with Gasteiger partial charge in [-0.25, -0.2) is 4.39 Å². The molecule has 1 aliphatic rings. The molecule has 1 saturated heterocycles. The van der Waals surface area contributed by atoms with Crippen LogP contribution in [0.15, 0.2) is 18.2 Å². The smallest absolute Gasteiger partial charge is 0.256 e. The van der Waals surface area contributed by atoms with Crippen molar-refractivity contribution >= 4 is 17.5 Å². The molecule has 0 aliphatic carbocycles. The van der Waals surface area contributed by atoms with Gasteiger partial charge in [0.25, 0.3) is 5.91 Å². The summed E-state index contributed by atoms with van der Waals surface area (Å²) in [6.07, 6.45) is 1.93. The molecule has 0 atom stereocenters. The molecule has 1 aromatic carbocycles. The van der Waals surface area contributed by atoms with Crippen molar-refractivity contribution < 1.29 is 9.18 Å². The fraction of sp³-hybridized carbons (Fsp3) is 0.533. The van der Waals surface area contributed by atoms with Crippen LogP contribution in [0.4, 0.5) is 4.39 Å². The van der Waals surface area contributed by atoms with Gasteiger partial charge in [-0.2, -0.15) is 0 Å². The second kappa shape index (κ2) is 6.55. The number of hydrogen-bond donors (Lipinski definition) is 0. The van der Waals surface area contributed by atoms with E-state index < -0.39 is 5.82 Å². The lowest BCUT2D eigenvalue weighted by Crippen LogP contribution is -2.40. The number of halogens is 2. The van der Waals surface area contributed by atoms with Gasteiger partial charge in [0.05, 0.1) is 5.56 Å². The predicted octanol–water partition coefficient (Wildman–Crippen LogP) is 2.89. The van der Waals surface area contributed by atoms with Crippen molar-refractivity contribution in [1.82, 2.24) is 9.80 Å². The summed E-state index contributed by atoms with van der Waals surface area (Å²) in [5.41, 5.74) is 0.0727. The van der Waals surface area contributed by atoms with Crippen LogP contribution in [0.5, 0.6) is 0 Å². The Bertz CT molecular complexity index is 485. The van der Waals surface area contributed by atoms with Gasteiger partial charge in [-0.1, -0.05) is 11.6 Å². The maximum absolute atomic E-state index is 13.7. The highest BCUT2D eigenvalue weighted by Gasteiger charge is 2.25. The molecule has 1 amide bonds. The van der Waals surface area contributed by atoms with Gasteiger partial charge in [-0.15, -0.1) is 0 Å². The summed E-state index contributed by atoms with van der Waals surface area (Å²) in [5, 5.41) is 0.386. The van der Waals surface area contributed by atoms with Crippen LogP contribution in [0, 0.1) is 11.7 Å². The van der Waals surface area contributed by atoms with Gasteiger partial charge in [0.1, 0.15) is 5.82 Å². The van der Waals surface area contributed by atoms with Crippen molar-refractivity contribution in [3.05, 3.63) is 34.6 Å². The average Bonchev–Trinajstić information content (AvgIpc) is 2.41. The van der Waals surface area contributed by atoms with Crippen LogP contribution in [-0.4, -0.2) is 49.4 Å². The molecule has 20 heavy (non-hydrogen) atoms. The first-order chi connectivity index (χ1) is 9.47. The number of nitrogens with zero attached hydrogens (tertiary/aromatic N) is 2. The largest absolute Gasteiger partial charge is 0.339 e. The Balaban J connectivity index is 2.00. The van der Waals surface area contributed by atoms with E-state index in [1.165, 1.54) is 18.2 Å². The van der Waals surface area contributed by atoms with E-state index in [2.05, 4.69) is 19.0 Å². The molecule has 0 bridgehead atoms. The molecule has 1 fully saturated rings. The fourth-order valence-electron chi connectivity index (χ4n) is 2.67. The van der Waals surface area contributed by atoms with Gasteiger partial charge >= 0.3 is 0 Å². The minimum Gasteiger partial charge on any atom is -0.339 e. The molecule has 0 radical (unpaired) electrons. The van der Waals surface area contributed by atoms with E-state index in [0.29, 0.717) is 24.0 Å². The molecule has 1 aliphatic heterocycles. The molecule has 5 heteroatoms. The molecular formula is C15H20ClFN2O.